The van der Waals surface area contributed by atoms with Gasteiger partial charge in [0.2, 0.25) is 5.95 Å². The Labute approximate surface area is 131 Å². The van der Waals surface area contributed by atoms with Crippen molar-refractivity contribution in [2.45, 2.75) is 38.1 Å². The fourth-order valence-corrected chi connectivity index (χ4v) is 3.13. The molecule has 0 radical (unpaired) electrons. The van der Waals surface area contributed by atoms with Crippen LogP contribution in [-0.2, 0) is 0 Å². The van der Waals surface area contributed by atoms with Gasteiger partial charge in [-0.3, -0.25) is 4.79 Å². The van der Waals surface area contributed by atoms with Gasteiger partial charge in [0.05, 0.1) is 5.56 Å². The van der Waals surface area contributed by atoms with Gasteiger partial charge in [0.1, 0.15) is 0 Å². The van der Waals surface area contributed by atoms with E-state index in [1.165, 1.54) is 32.1 Å². The summed E-state index contributed by atoms with van der Waals surface area (Å²) in [5.41, 5.74) is 0.582. The number of amides is 1. The number of carbonyl (C=O) groups excluding carboxylic acids is 1. The Balaban J connectivity index is 1.57. The van der Waals surface area contributed by atoms with E-state index in [0.29, 0.717) is 17.6 Å². The van der Waals surface area contributed by atoms with Gasteiger partial charge in [-0.05, 0) is 19.9 Å². The fraction of sp³-hybridized carbons (Fsp3) is 0.688. The van der Waals surface area contributed by atoms with Crippen LogP contribution in [0.3, 0.4) is 0 Å². The van der Waals surface area contributed by atoms with Gasteiger partial charge in [0, 0.05) is 44.6 Å². The summed E-state index contributed by atoms with van der Waals surface area (Å²) in [6, 6.07) is 0.480. The number of rotatable bonds is 3. The molecule has 2 aliphatic rings. The van der Waals surface area contributed by atoms with E-state index < -0.39 is 0 Å². The lowest BCUT2D eigenvalue weighted by atomic mass is 9.96. The number of nitrogens with zero attached hydrogens (tertiary/aromatic N) is 4. The minimum atomic E-state index is 0.0392. The van der Waals surface area contributed by atoms with E-state index >= 15 is 0 Å². The monoisotopic (exact) mass is 303 g/mol. The molecule has 0 aromatic carbocycles. The van der Waals surface area contributed by atoms with Gasteiger partial charge in [-0.15, -0.1) is 0 Å². The number of likely N-dealkylation sites (N-methyl/N-ethyl adjacent to an activating group) is 1. The number of anilines is 1. The minimum absolute atomic E-state index is 0.0392. The molecular weight excluding hydrogens is 278 g/mol. The van der Waals surface area contributed by atoms with Crippen LogP contribution in [0.4, 0.5) is 5.95 Å². The van der Waals surface area contributed by atoms with Crippen LogP contribution >= 0.6 is 0 Å². The van der Waals surface area contributed by atoms with Crippen molar-refractivity contribution in [3.63, 3.8) is 0 Å². The van der Waals surface area contributed by atoms with Crippen LogP contribution in [0, 0.1) is 0 Å². The second-order valence-corrected chi connectivity index (χ2v) is 6.37. The first kappa shape index (κ1) is 15.2. The third kappa shape index (κ3) is 3.74. The van der Waals surface area contributed by atoms with E-state index in [9.17, 15) is 4.79 Å². The molecule has 1 saturated carbocycles. The summed E-state index contributed by atoms with van der Waals surface area (Å²) in [5.74, 6) is 0.680. The van der Waals surface area contributed by atoms with Gasteiger partial charge in [-0.25, -0.2) is 9.97 Å². The summed E-state index contributed by atoms with van der Waals surface area (Å²) in [6.07, 6.45) is 9.56. The molecule has 2 fully saturated rings. The quantitative estimate of drug-likeness (QED) is 0.919. The predicted molar refractivity (Wildman–Crippen MR) is 85.9 cm³/mol. The number of piperazine rings is 1. The van der Waals surface area contributed by atoms with Crippen molar-refractivity contribution < 1.29 is 4.79 Å². The van der Waals surface area contributed by atoms with E-state index in [2.05, 4.69) is 27.2 Å². The molecule has 1 amide bonds. The zero-order valence-corrected chi connectivity index (χ0v) is 13.3. The van der Waals surface area contributed by atoms with E-state index in [4.69, 9.17) is 0 Å². The first-order chi connectivity index (χ1) is 10.7. The molecule has 0 atom stereocenters. The Morgan fingerprint density at radius 1 is 1.09 bits per heavy atom. The molecule has 3 rings (SSSR count). The van der Waals surface area contributed by atoms with Gasteiger partial charge < -0.3 is 15.1 Å². The van der Waals surface area contributed by atoms with Crippen molar-refractivity contribution in [2.24, 2.45) is 0 Å². The van der Waals surface area contributed by atoms with Crippen LogP contribution in [-0.4, -0.2) is 64.9 Å². The van der Waals surface area contributed by atoms with Crippen LogP contribution in [0.15, 0.2) is 12.4 Å². The average Bonchev–Trinajstić information content (AvgIpc) is 2.57. The van der Waals surface area contributed by atoms with Crippen molar-refractivity contribution in [3.8, 4) is 0 Å². The van der Waals surface area contributed by atoms with Gasteiger partial charge in [-0.2, -0.15) is 0 Å². The SMILES string of the molecule is CN1CCN(C(=O)c2cnc(NC3CCCCC3)nc2)CC1. The summed E-state index contributed by atoms with van der Waals surface area (Å²) in [7, 11) is 2.08. The topological polar surface area (TPSA) is 61.4 Å². The molecule has 1 aromatic heterocycles. The Hall–Kier alpha value is -1.69. The summed E-state index contributed by atoms with van der Waals surface area (Å²) in [5, 5.41) is 3.38. The first-order valence-corrected chi connectivity index (χ1v) is 8.29. The fourth-order valence-electron chi connectivity index (χ4n) is 3.13. The van der Waals surface area contributed by atoms with Crippen LogP contribution in [0.25, 0.3) is 0 Å². The Morgan fingerprint density at radius 3 is 2.36 bits per heavy atom. The summed E-state index contributed by atoms with van der Waals surface area (Å²) in [4.78, 5) is 25.2. The highest BCUT2D eigenvalue weighted by Crippen LogP contribution is 2.20. The zero-order valence-electron chi connectivity index (χ0n) is 13.3. The highest BCUT2D eigenvalue weighted by Gasteiger charge is 2.21. The molecule has 6 nitrogen and oxygen atoms in total. The van der Waals surface area contributed by atoms with Gasteiger partial charge in [-0.1, -0.05) is 19.3 Å². The largest absolute Gasteiger partial charge is 0.351 e. The Bertz CT molecular complexity index is 490. The number of carbonyl (C=O) groups is 1. The van der Waals surface area contributed by atoms with Gasteiger partial charge in [0.25, 0.3) is 5.91 Å². The number of nitrogens with one attached hydrogen (secondary N) is 1. The summed E-state index contributed by atoms with van der Waals surface area (Å²) < 4.78 is 0. The molecule has 1 aliphatic heterocycles. The predicted octanol–water partition coefficient (Wildman–Crippen LogP) is 1.61. The smallest absolute Gasteiger partial charge is 0.257 e. The van der Waals surface area contributed by atoms with Crippen LogP contribution in [0.1, 0.15) is 42.5 Å². The molecule has 2 heterocycles. The van der Waals surface area contributed by atoms with Crippen molar-refractivity contribution in [2.75, 3.05) is 38.5 Å². The molecule has 120 valence electrons. The molecule has 1 saturated heterocycles. The first-order valence-electron chi connectivity index (χ1n) is 8.29. The zero-order chi connectivity index (χ0) is 15.4. The lowest BCUT2D eigenvalue weighted by Gasteiger charge is -2.32. The van der Waals surface area contributed by atoms with Crippen LogP contribution in [0.2, 0.25) is 0 Å². The molecule has 0 unspecified atom stereocenters. The van der Waals surface area contributed by atoms with E-state index in [0.717, 1.165) is 26.2 Å². The summed E-state index contributed by atoms with van der Waals surface area (Å²) >= 11 is 0. The number of hydrogen-bond donors (Lipinski definition) is 1. The van der Waals surface area contributed by atoms with Crippen molar-refractivity contribution in [3.05, 3.63) is 18.0 Å². The maximum Gasteiger partial charge on any atom is 0.257 e. The molecule has 1 aliphatic carbocycles. The molecular formula is C16H25N5O. The second-order valence-electron chi connectivity index (χ2n) is 6.37. The molecule has 0 bridgehead atoms. The van der Waals surface area contributed by atoms with Crippen molar-refractivity contribution in [1.29, 1.82) is 0 Å². The van der Waals surface area contributed by atoms with E-state index in [1.807, 2.05) is 4.90 Å². The highest BCUT2D eigenvalue weighted by molar-refractivity contribution is 5.93. The molecule has 0 spiro atoms. The number of aromatic nitrogens is 2. The van der Waals surface area contributed by atoms with E-state index in [-0.39, 0.29) is 5.91 Å². The minimum Gasteiger partial charge on any atom is -0.351 e. The standard InChI is InChI=1S/C16H25N5O/c1-20-7-9-21(10-8-20)15(22)13-11-17-16(18-12-13)19-14-5-3-2-4-6-14/h11-12,14H,2-10H2,1H3,(H,17,18,19). The average molecular weight is 303 g/mol. The third-order valence-electron chi connectivity index (χ3n) is 4.63. The Kier molecular flexibility index (Phi) is 4.87. The molecule has 6 heteroatoms. The third-order valence-corrected chi connectivity index (χ3v) is 4.63. The second kappa shape index (κ2) is 7.05. The lowest BCUT2D eigenvalue weighted by Crippen LogP contribution is -2.47. The van der Waals surface area contributed by atoms with Gasteiger partial charge in [0.15, 0.2) is 0 Å². The van der Waals surface area contributed by atoms with Crippen LogP contribution in [0.5, 0.6) is 0 Å². The molecule has 22 heavy (non-hydrogen) atoms. The Morgan fingerprint density at radius 2 is 1.73 bits per heavy atom. The van der Waals surface area contributed by atoms with Crippen LogP contribution < -0.4 is 5.32 Å². The maximum absolute atomic E-state index is 12.4. The molecule has 1 aromatic rings. The molecule has 1 N–H and O–H groups in total. The normalized spacial score (nSPS) is 20.9. The van der Waals surface area contributed by atoms with Crippen molar-refractivity contribution >= 4 is 11.9 Å². The highest BCUT2D eigenvalue weighted by atomic mass is 16.2. The van der Waals surface area contributed by atoms with E-state index in [1.54, 1.807) is 12.4 Å². The maximum atomic E-state index is 12.4. The van der Waals surface area contributed by atoms with Crippen molar-refractivity contribution in [1.82, 2.24) is 19.8 Å². The number of hydrogen-bond acceptors (Lipinski definition) is 5. The lowest BCUT2D eigenvalue weighted by molar-refractivity contribution is 0.0663. The summed E-state index contributed by atoms with van der Waals surface area (Å²) in [6.45, 7) is 3.40. The van der Waals surface area contributed by atoms with Gasteiger partial charge >= 0.3 is 0 Å².